The number of ether oxygens (including phenoxy) is 2. The van der Waals surface area contributed by atoms with Crippen LogP contribution in [0.2, 0.25) is 5.82 Å². The van der Waals surface area contributed by atoms with Crippen LogP contribution in [0.1, 0.15) is 51.7 Å². The van der Waals surface area contributed by atoms with E-state index in [0.717, 1.165) is 19.4 Å². The summed E-state index contributed by atoms with van der Waals surface area (Å²) in [5, 5.41) is 0. The van der Waals surface area contributed by atoms with E-state index in [1.807, 2.05) is 36.4 Å². The molecule has 2 aliphatic carbocycles. The van der Waals surface area contributed by atoms with E-state index in [2.05, 4.69) is 67.9 Å². The molecule has 1 heterocycles. The monoisotopic (exact) mass is 500 g/mol. The molecule has 4 nitrogen and oxygen atoms in total. The van der Waals surface area contributed by atoms with Gasteiger partial charge in [-0.15, -0.1) is 0 Å². The van der Waals surface area contributed by atoms with Crippen LogP contribution in [0.15, 0.2) is 60.7 Å². The van der Waals surface area contributed by atoms with Gasteiger partial charge in [0.05, 0.1) is 36.6 Å². The third kappa shape index (κ3) is 6.24. The third-order valence-electron chi connectivity index (χ3n) is 6.67. The normalized spacial score (nSPS) is 29.2. The molecule has 3 aliphatic rings. The van der Waals surface area contributed by atoms with Crippen LogP contribution >= 0.6 is 15.9 Å². The summed E-state index contributed by atoms with van der Waals surface area (Å²) in [4.78, 5) is 0.598. The smallest absolute Gasteiger partial charge is 0.403 e. The summed E-state index contributed by atoms with van der Waals surface area (Å²) in [7, 11) is -0.124. The Morgan fingerprint density at radius 2 is 1.22 bits per heavy atom. The average molecular weight is 501 g/mol. The summed E-state index contributed by atoms with van der Waals surface area (Å²) in [6.45, 7) is 9.78. The maximum absolute atomic E-state index is 6.07. The van der Waals surface area contributed by atoms with Crippen molar-refractivity contribution in [1.82, 2.24) is 0 Å². The van der Waals surface area contributed by atoms with Crippen LogP contribution in [-0.4, -0.2) is 35.4 Å². The lowest BCUT2D eigenvalue weighted by Crippen LogP contribution is -2.41. The van der Waals surface area contributed by atoms with Crippen molar-refractivity contribution in [3.05, 3.63) is 71.8 Å². The van der Waals surface area contributed by atoms with Crippen LogP contribution < -0.4 is 0 Å². The zero-order valence-electron chi connectivity index (χ0n) is 19.5. The minimum atomic E-state index is -0.246. The maximum Gasteiger partial charge on any atom is 0.463 e. The molecule has 1 aliphatic heterocycles. The topological polar surface area (TPSA) is 36.9 Å². The second kappa shape index (κ2) is 9.98. The number of hydrogen-bond acceptors (Lipinski definition) is 4. The predicted octanol–water partition coefficient (Wildman–Crippen LogP) is 6.18. The van der Waals surface area contributed by atoms with Crippen molar-refractivity contribution >= 4 is 23.0 Å². The fraction of sp³-hybridized carbons (Fsp3) is 0.538. The average Bonchev–Trinajstić information content (AvgIpc) is 3.67. The fourth-order valence-corrected chi connectivity index (χ4v) is 4.12. The van der Waals surface area contributed by atoms with Gasteiger partial charge in [-0.25, -0.2) is 0 Å². The van der Waals surface area contributed by atoms with Gasteiger partial charge in [-0.05, 0) is 51.7 Å². The lowest BCUT2D eigenvalue weighted by Gasteiger charge is -2.32. The Balaban J connectivity index is 0.000000174. The molecular formula is C26H34BBrO4. The molecule has 2 saturated carbocycles. The molecule has 2 aromatic rings. The van der Waals surface area contributed by atoms with Crippen LogP contribution in [0.4, 0.5) is 0 Å². The highest BCUT2D eigenvalue weighted by atomic mass is 79.9. The van der Waals surface area contributed by atoms with Gasteiger partial charge >= 0.3 is 7.12 Å². The van der Waals surface area contributed by atoms with Gasteiger partial charge in [-0.3, -0.25) is 0 Å². The summed E-state index contributed by atoms with van der Waals surface area (Å²) in [6, 6.07) is 20.6. The van der Waals surface area contributed by atoms with E-state index in [1.165, 1.54) is 11.1 Å². The Morgan fingerprint density at radius 1 is 0.781 bits per heavy atom. The van der Waals surface area contributed by atoms with Gasteiger partial charge < -0.3 is 18.8 Å². The van der Waals surface area contributed by atoms with E-state index in [0.29, 0.717) is 23.4 Å². The third-order valence-corrected chi connectivity index (χ3v) is 7.63. The lowest BCUT2D eigenvalue weighted by molar-refractivity contribution is 0.00578. The highest BCUT2D eigenvalue weighted by molar-refractivity contribution is 9.09. The first-order chi connectivity index (χ1) is 15.2. The first-order valence-electron chi connectivity index (χ1n) is 11.6. The van der Waals surface area contributed by atoms with Gasteiger partial charge in [0.15, 0.2) is 0 Å². The largest absolute Gasteiger partial charge is 0.463 e. The van der Waals surface area contributed by atoms with Gasteiger partial charge in [0.25, 0.3) is 0 Å². The molecule has 6 heteroatoms. The number of hydrogen-bond donors (Lipinski definition) is 0. The summed E-state index contributed by atoms with van der Waals surface area (Å²) >= 11 is 3.50. The number of alkyl halides is 1. The molecule has 5 rings (SSSR count). The quantitative estimate of drug-likeness (QED) is 0.336. The number of benzene rings is 2. The number of halogens is 1. The molecule has 4 atom stereocenters. The zero-order valence-corrected chi connectivity index (χ0v) is 21.1. The molecule has 1 saturated heterocycles. The van der Waals surface area contributed by atoms with Crippen molar-refractivity contribution < 1.29 is 18.8 Å². The van der Waals surface area contributed by atoms with E-state index < -0.39 is 0 Å². The van der Waals surface area contributed by atoms with Gasteiger partial charge in [0.1, 0.15) is 0 Å². The summed E-state index contributed by atoms with van der Waals surface area (Å²) < 4.78 is 23.7. The molecule has 0 N–H and O–H groups in total. The fourth-order valence-electron chi connectivity index (χ4n) is 3.60. The van der Waals surface area contributed by atoms with Crippen molar-refractivity contribution in [2.24, 2.45) is 0 Å². The molecule has 32 heavy (non-hydrogen) atoms. The molecule has 0 spiro atoms. The highest BCUT2D eigenvalue weighted by Crippen LogP contribution is 2.50. The highest BCUT2D eigenvalue weighted by Gasteiger charge is 2.60. The Bertz CT molecular complexity index is 845. The van der Waals surface area contributed by atoms with Crippen molar-refractivity contribution in [1.29, 1.82) is 0 Å². The Hall–Kier alpha value is -1.18. The minimum absolute atomic E-state index is 0.124. The molecule has 172 valence electrons. The Labute approximate surface area is 201 Å². The molecule has 2 aromatic carbocycles. The van der Waals surface area contributed by atoms with Crippen molar-refractivity contribution in [3.63, 3.8) is 0 Å². The van der Waals surface area contributed by atoms with Crippen molar-refractivity contribution in [2.75, 3.05) is 0 Å². The second-order valence-electron chi connectivity index (χ2n) is 9.95. The van der Waals surface area contributed by atoms with Crippen molar-refractivity contribution in [3.8, 4) is 0 Å². The summed E-state index contributed by atoms with van der Waals surface area (Å²) in [5.74, 6) is 0.375. The van der Waals surface area contributed by atoms with E-state index >= 15 is 0 Å². The number of rotatable bonds is 7. The van der Waals surface area contributed by atoms with E-state index in [-0.39, 0.29) is 24.4 Å². The van der Waals surface area contributed by atoms with Crippen LogP contribution in [0.5, 0.6) is 0 Å². The SMILES string of the molecule is Br[C@H]1C[C@H]1OCc1ccccc1.CC1(C)OB([C@H]2C[C@H]2OCc2ccccc2)OC1(C)C. The van der Waals surface area contributed by atoms with Gasteiger partial charge in [-0.2, -0.15) is 0 Å². The molecule has 0 unspecified atom stereocenters. The molecular weight excluding hydrogens is 467 g/mol. The molecule has 0 bridgehead atoms. The Kier molecular flexibility index (Phi) is 7.48. The van der Waals surface area contributed by atoms with E-state index in [9.17, 15) is 0 Å². The van der Waals surface area contributed by atoms with Gasteiger partial charge in [-0.1, -0.05) is 76.6 Å². The maximum atomic E-state index is 6.07. The zero-order chi connectivity index (χ0) is 22.8. The lowest BCUT2D eigenvalue weighted by atomic mass is 9.82. The first-order valence-corrected chi connectivity index (χ1v) is 12.5. The molecule has 0 aromatic heterocycles. The van der Waals surface area contributed by atoms with Gasteiger partial charge in [0, 0.05) is 10.6 Å². The summed E-state index contributed by atoms with van der Waals surface area (Å²) in [5.41, 5.74) is 1.98. The van der Waals surface area contributed by atoms with Crippen molar-refractivity contribution in [2.45, 2.75) is 87.8 Å². The van der Waals surface area contributed by atoms with Crippen LogP contribution in [-0.2, 0) is 32.0 Å². The predicted molar refractivity (Wildman–Crippen MR) is 132 cm³/mol. The Morgan fingerprint density at radius 3 is 1.66 bits per heavy atom. The molecule has 3 fully saturated rings. The first kappa shape index (κ1) is 24.0. The second-order valence-corrected chi connectivity index (χ2v) is 11.1. The van der Waals surface area contributed by atoms with Crippen LogP contribution in [0, 0.1) is 0 Å². The van der Waals surface area contributed by atoms with E-state index in [4.69, 9.17) is 18.8 Å². The molecule has 0 amide bonds. The minimum Gasteiger partial charge on any atom is -0.403 e. The molecule has 0 radical (unpaired) electrons. The van der Waals surface area contributed by atoms with Crippen LogP contribution in [0.3, 0.4) is 0 Å². The standard InChI is InChI=1S/C16H23BO3.C10H11BrO/c1-15(2)16(3,4)20-17(19-15)13-10-14(13)18-11-12-8-6-5-7-9-12;11-9-6-10(9)12-7-8-4-2-1-3-5-8/h5-9,13-14H,10-11H2,1-4H3;1-5,9-10H,6-7H2/t13-,14+;9-,10+/m00/s1. The van der Waals surface area contributed by atoms with Gasteiger partial charge in [0.2, 0.25) is 0 Å². The van der Waals surface area contributed by atoms with Crippen LogP contribution in [0.25, 0.3) is 0 Å². The van der Waals surface area contributed by atoms with E-state index in [1.54, 1.807) is 0 Å². The summed E-state index contributed by atoms with van der Waals surface area (Å²) in [6.07, 6.45) is 2.91.